The summed E-state index contributed by atoms with van der Waals surface area (Å²) >= 11 is 5.77. The number of nitrogens with zero attached hydrogens (tertiary/aromatic N) is 3. The third-order valence-corrected chi connectivity index (χ3v) is 4.49. The van der Waals surface area contributed by atoms with Crippen molar-refractivity contribution in [2.45, 2.75) is 32.0 Å². The molecule has 2 atom stereocenters. The first-order chi connectivity index (χ1) is 13.1. The van der Waals surface area contributed by atoms with Crippen LogP contribution in [0.5, 0.6) is 0 Å². The molecule has 28 heavy (non-hydrogen) atoms. The molecule has 0 aliphatic carbocycles. The largest absolute Gasteiger partial charge is 0.394 e. The Morgan fingerprint density at radius 2 is 2.00 bits per heavy atom. The summed E-state index contributed by atoms with van der Waals surface area (Å²) in [6.07, 6.45) is -4.25. The van der Waals surface area contributed by atoms with Gasteiger partial charge in [0.25, 0.3) is 12.1 Å². The van der Waals surface area contributed by atoms with Crippen LogP contribution >= 0.6 is 11.6 Å². The molecule has 0 fully saturated rings. The molecule has 0 saturated carbocycles. The van der Waals surface area contributed by atoms with Crippen LogP contribution in [-0.2, 0) is 11.3 Å². The van der Waals surface area contributed by atoms with E-state index in [0.717, 1.165) is 4.68 Å². The number of nitro groups is 1. The first kappa shape index (κ1) is 21.7. The van der Waals surface area contributed by atoms with Gasteiger partial charge in [-0.3, -0.25) is 19.6 Å². The summed E-state index contributed by atoms with van der Waals surface area (Å²) in [5.41, 5.74) is -0.412. The van der Waals surface area contributed by atoms with E-state index in [4.69, 9.17) is 11.6 Å². The molecule has 2 aromatic rings. The first-order valence-electron chi connectivity index (χ1n) is 7.99. The number of aliphatic hydroxyl groups is 2. The number of alkyl halides is 2. The van der Waals surface area contributed by atoms with Gasteiger partial charge in [0.05, 0.1) is 28.3 Å². The predicted molar refractivity (Wildman–Crippen MR) is 94.0 cm³/mol. The van der Waals surface area contributed by atoms with Crippen molar-refractivity contribution in [3.63, 3.8) is 0 Å². The zero-order valence-electron chi connectivity index (χ0n) is 14.6. The number of non-ortho nitro benzene ring substituents is 1. The van der Waals surface area contributed by atoms with Crippen LogP contribution in [0.3, 0.4) is 0 Å². The van der Waals surface area contributed by atoms with Crippen molar-refractivity contribution in [3.8, 4) is 0 Å². The van der Waals surface area contributed by atoms with E-state index in [-0.39, 0.29) is 22.0 Å². The van der Waals surface area contributed by atoms with Crippen LogP contribution in [0.1, 0.15) is 29.5 Å². The molecular weight excluding hydrogens is 402 g/mol. The molecule has 0 spiro atoms. The smallest absolute Gasteiger partial charge is 0.283 e. The van der Waals surface area contributed by atoms with Gasteiger partial charge in [0.2, 0.25) is 5.91 Å². The number of benzene rings is 1. The lowest BCUT2D eigenvalue weighted by molar-refractivity contribution is -0.384. The first-order valence-corrected chi connectivity index (χ1v) is 8.37. The second-order valence-electron chi connectivity index (χ2n) is 5.89. The highest BCUT2D eigenvalue weighted by Gasteiger charge is 2.25. The average Bonchev–Trinajstić information content (AvgIpc) is 2.94. The molecule has 9 nitrogen and oxygen atoms in total. The maximum Gasteiger partial charge on any atom is 0.283 e. The molecule has 2 unspecified atom stereocenters. The lowest BCUT2D eigenvalue weighted by Crippen LogP contribution is -2.43. The van der Waals surface area contributed by atoms with Gasteiger partial charge in [-0.2, -0.15) is 5.10 Å². The Bertz CT molecular complexity index is 859. The van der Waals surface area contributed by atoms with Crippen LogP contribution in [0.25, 0.3) is 0 Å². The maximum atomic E-state index is 12.8. The lowest BCUT2D eigenvalue weighted by atomic mass is 10.0. The van der Waals surface area contributed by atoms with Gasteiger partial charge in [0.1, 0.15) is 18.3 Å². The SMILES string of the molecule is Cc1c(Cl)c(C(F)F)nn1CC(=O)NC(CO)C(O)c1ccc([N+](=O)[O-])cc1. The van der Waals surface area contributed by atoms with Crippen LogP contribution in [0, 0.1) is 17.0 Å². The Morgan fingerprint density at radius 3 is 2.46 bits per heavy atom. The molecule has 0 radical (unpaired) electrons. The fourth-order valence-corrected chi connectivity index (χ4v) is 2.70. The van der Waals surface area contributed by atoms with Crippen molar-refractivity contribution in [2.24, 2.45) is 0 Å². The van der Waals surface area contributed by atoms with Gasteiger partial charge in [-0.25, -0.2) is 8.78 Å². The number of aromatic nitrogens is 2. The van der Waals surface area contributed by atoms with E-state index in [2.05, 4.69) is 10.4 Å². The summed E-state index contributed by atoms with van der Waals surface area (Å²) in [4.78, 5) is 22.3. The Morgan fingerprint density at radius 1 is 1.39 bits per heavy atom. The maximum absolute atomic E-state index is 12.8. The number of carbonyl (C=O) groups excluding carboxylic acids is 1. The van der Waals surface area contributed by atoms with Crippen LogP contribution in [0.4, 0.5) is 14.5 Å². The highest BCUT2D eigenvalue weighted by molar-refractivity contribution is 6.31. The highest BCUT2D eigenvalue weighted by Crippen LogP contribution is 2.28. The van der Waals surface area contributed by atoms with E-state index in [1.807, 2.05) is 0 Å². The van der Waals surface area contributed by atoms with E-state index in [0.29, 0.717) is 0 Å². The van der Waals surface area contributed by atoms with Crippen molar-refractivity contribution in [3.05, 3.63) is 56.4 Å². The van der Waals surface area contributed by atoms with E-state index < -0.39 is 48.2 Å². The molecule has 12 heteroatoms. The van der Waals surface area contributed by atoms with Crippen molar-refractivity contribution in [2.75, 3.05) is 6.61 Å². The molecule has 152 valence electrons. The van der Waals surface area contributed by atoms with Crippen molar-refractivity contribution < 1.29 is 28.7 Å². The molecule has 3 N–H and O–H groups in total. The van der Waals surface area contributed by atoms with Gasteiger partial charge in [-0.1, -0.05) is 11.6 Å². The number of hydrogen-bond donors (Lipinski definition) is 3. The summed E-state index contributed by atoms with van der Waals surface area (Å²) in [5.74, 6) is -0.705. The Labute approximate surface area is 162 Å². The molecule has 1 heterocycles. The number of amides is 1. The van der Waals surface area contributed by atoms with Crippen LogP contribution < -0.4 is 5.32 Å². The second-order valence-corrected chi connectivity index (χ2v) is 6.27. The molecule has 0 aliphatic rings. The highest BCUT2D eigenvalue weighted by atomic mass is 35.5. The predicted octanol–water partition coefficient (Wildman–Crippen LogP) is 1.90. The molecule has 0 aliphatic heterocycles. The molecule has 1 amide bonds. The molecule has 1 aromatic carbocycles. The van der Waals surface area contributed by atoms with Crippen LogP contribution in [0.2, 0.25) is 5.02 Å². The third kappa shape index (κ3) is 4.80. The Hall–Kier alpha value is -2.63. The number of nitro benzene ring substituents is 1. The van der Waals surface area contributed by atoms with Crippen molar-refractivity contribution in [1.82, 2.24) is 15.1 Å². The number of rotatable bonds is 8. The molecule has 1 aromatic heterocycles. The number of aliphatic hydroxyl groups excluding tert-OH is 2. The van der Waals surface area contributed by atoms with Crippen LogP contribution in [0.15, 0.2) is 24.3 Å². The number of carbonyl (C=O) groups is 1. The van der Waals surface area contributed by atoms with Gasteiger partial charge in [-0.05, 0) is 24.6 Å². The monoisotopic (exact) mass is 418 g/mol. The van der Waals surface area contributed by atoms with E-state index in [1.54, 1.807) is 0 Å². The summed E-state index contributed by atoms with van der Waals surface area (Å²) in [7, 11) is 0. The fraction of sp³-hybridized carbons (Fsp3) is 0.375. The minimum atomic E-state index is -2.90. The summed E-state index contributed by atoms with van der Waals surface area (Å²) in [6, 6.07) is 3.81. The zero-order valence-corrected chi connectivity index (χ0v) is 15.3. The minimum Gasteiger partial charge on any atom is -0.394 e. The standard InChI is InChI=1S/C16H17ClF2N4O5/c1-8-13(17)14(16(18)19)21-22(8)6-12(25)20-11(7-24)15(26)9-2-4-10(5-3-9)23(27)28/h2-5,11,15-16,24,26H,6-7H2,1H3,(H,20,25). The third-order valence-electron chi connectivity index (χ3n) is 4.03. The molecule has 0 saturated heterocycles. The van der Waals surface area contributed by atoms with Crippen molar-refractivity contribution in [1.29, 1.82) is 0 Å². The van der Waals surface area contributed by atoms with Gasteiger partial charge in [0, 0.05) is 12.1 Å². The fourth-order valence-electron chi connectivity index (χ4n) is 2.48. The van der Waals surface area contributed by atoms with E-state index in [1.165, 1.54) is 31.2 Å². The zero-order chi connectivity index (χ0) is 21.0. The van der Waals surface area contributed by atoms with E-state index in [9.17, 15) is 33.9 Å². The van der Waals surface area contributed by atoms with Gasteiger partial charge in [-0.15, -0.1) is 0 Å². The average molecular weight is 419 g/mol. The summed E-state index contributed by atoms with van der Waals surface area (Å²) in [5, 5.41) is 36.2. The Kier molecular flexibility index (Phi) is 7.00. The number of hydrogen-bond acceptors (Lipinski definition) is 6. The number of nitrogens with one attached hydrogen (secondary N) is 1. The van der Waals surface area contributed by atoms with Crippen LogP contribution in [-0.4, -0.2) is 43.5 Å². The van der Waals surface area contributed by atoms with Gasteiger partial charge in [0.15, 0.2) is 0 Å². The lowest BCUT2D eigenvalue weighted by Gasteiger charge is -2.22. The minimum absolute atomic E-state index is 0.170. The molecule has 2 rings (SSSR count). The summed E-state index contributed by atoms with van der Waals surface area (Å²) < 4.78 is 26.6. The van der Waals surface area contributed by atoms with Crippen molar-refractivity contribution >= 4 is 23.2 Å². The summed E-state index contributed by atoms with van der Waals surface area (Å²) in [6.45, 7) is 0.330. The molecule has 0 bridgehead atoms. The van der Waals surface area contributed by atoms with Gasteiger partial charge < -0.3 is 15.5 Å². The topological polar surface area (TPSA) is 131 Å². The second kappa shape index (κ2) is 9.04. The van der Waals surface area contributed by atoms with Gasteiger partial charge >= 0.3 is 0 Å². The quantitative estimate of drug-likeness (QED) is 0.443. The normalized spacial score (nSPS) is 13.4. The molecular formula is C16H17ClF2N4O5. The Balaban J connectivity index is 2.08. The number of halogens is 3. The van der Waals surface area contributed by atoms with E-state index >= 15 is 0 Å².